The molecule has 3 aromatic carbocycles. The van der Waals surface area contributed by atoms with E-state index in [4.69, 9.17) is 17.0 Å². The fourth-order valence-electron chi connectivity index (χ4n) is 3.87. The molecule has 1 fully saturated rings. The number of nitrogens with zero attached hydrogens (tertiary/aromatic N) is 2. The Bertz CT molecular complexity index is 1170. The van der Waals surface area contributed by atoms with Crippen molar-refractivity contribution in [3.05, 3.63) is 90.2 Å². The molecule has 1 saturated heterocycles. The highest BCUT2D eigenvalue weighted by molar-refractivity contribution is 7.80. The van der Waals surface area contributed by atoms with Gasteiger partial charge in [-0.2, -0.15) is 0 Å². The Labute approximate surface area is 202 Å². The van der Waals surface area contributed by atoms with Crippen molar-refractivity contribution >= 4 is 40.5 Å². The van der Waals surface area contributed by atoms with E-state index < -0.39 is 11.9 Å². The van der Waals surface area contributed by atoms with E-state index in [2.05, 4.69) is 5.32 Å². The first kappa shape index (κ1) is 23.4. The van der Waals surface area contributed by atoms with Gasteiger partial charge in [-0.1, -0.05) is 30.3 Å². The SMILES string of the molecule is COc1ccc(NC(=O)C[C@H]2C(=O)N(c3ccc(F)cc3)C(=S)N2CCc2ccccc2)cc1. The predicted molar refractivity (Wildman–Crippen MR) is 133 cm³/mol. The highest BCUT2D eigenvalue weighted by Crippen LogP contribution is 2.28. The average molecular weight is 478 g/mol. The number of rotatable bonds is 8. The van der Waals surface area contributed by atoms with Gasteiger partial charge in [0.25, 0.3) is 5.91 Å². The Morgan fingerprint density at radius 1 is 1.03 bits per heavy atom. The van der Waals surface area contributed by atoms with E-state index in [9.17, 15) is 14.0 Å². The quantitative estimate of drug-likeness (QED) is 0.487. The van der Waals surface area contributed by atoms with Crippen LogP contribution in [0, 0.1) is 5.82 Å². The van der Waals surface area contributed by atoms with Crippen LogP contribution in [0.25, 0.3) is 0 Å². The Morgan fingerprint density at radius 3 is 2.35 bits per heavy atom. The lowest BCUT2D eigenvalue weighted by Crippen LogP contribution is -2.39. The molecule has 0 spiro atoms. The van der Waals surface area contributed by atoms with Crippen LogP contribution in [0.15, 0.2) is 78.9 Å². The summed E-state index contributed by atoms with van der Waals surface area (Å²) in [6, 6.07) is 21.6. The summed E-state index contributed by atoms with van der Waals surface area (Å²) in [5, 5.41) is 3.13. The molecule has 174 valence electrons. The van der Waals surface area contributed by atoms with Crippen molar-refractivity contribution in [1.82, 2.24) is 4.90 Å². The van der Waals surface area contributed by atoms with Gasteiger partial charge in [-0.3, -0.25) is 14.5 Å². The molecule has 8 heteroatoms. The topological polar surface area (TPSA) is 61.9 Å². The molecule has 0 aromatic heterocycles. The summed E-state index contributed by atoms with van der Waals surface area (Å²) in [4.78, 5) is 29.4. The van der Waals surface area contributed by atoms with Crippen LogP contribution in [0.5, 0.6) is 5.75 Å². The highest BCUT2D eigenvalue weighted by atomic mass is 32.1. The molecule has 1 aliphatic rings. The third-order valence-corrected chi connectivity index (χ3v) is 6.06. The maximum absolute atomic E-state index is 13.4. The number of halogens is 1. The minimum Gasteiger partial charge on any atom is -0.497 e. The summed E-state index contributed by atoms with van der Waals surface area (Å²) >= 11 is 5.65. The number of anilines is 2. The summed E-state index contributed by atoms with van der Waals surface area (Å²) < 4.78 is 18.6. The molecular weight excluding hydrogens is 453 g/mol. The third kappa shape index (κ3) is 5.23. The molecular formula is C26H24FN3O3S. The summed E-state index contributed by atoms with van der Waals surface area (Å²) in [6.45, 7) is 0.465. The average Bonchev–Trinajstić information content (AvgIpc) is 3.08. The number of carbonyl (C=O) groups is 2. The van der Waals surface area contributed by atoms with Gasteiger partial charge in [-0.15, -0.1) is 0 Å². The second kappa shape index (κ2) is 10.4. The van der Waals surface area contributed by atoms with Gasteiger partial charge in [0.05, 0.1) is 19.2 Å². The first-order valence-electron chi connectivity index (χ1n) is 10.8. The van der Waals surface area contributed by atoms with Crippen molar-refractivity contribution in [3.63, 3.8) is 0 Å². The summed E-state index contributed by atoms with van der Waals surface area (Å²) in [6.07, 6.45) is 0.583. The molecule has 1 atom stereocenters. The zero-order valence-electron chi connectivity index (χ0n) is 18.6. The van der Waals surface area contributed by atoms with Crippen LogP contribution < -0.4 is 15.0 Å². The molecule has 3 aromatic rings. The predicted octanol–water partition coefficient (Wildman–Crippen LogP) is 4.41. The van der Waals surface area contributed by atoms with Crippen molar-refractivity contribution in [2.45, 2.75) is 18.9 Å². The minimum absolute atomic E-state index is 0.0719. The van der Waals surface area contributed by atoms with E-state index in [-0.39, 0.29) is 18.2 Å². The van der Waals surface area contributed by atoms with Crippen molar-refractivity contribution in [2.75, 3.05) is 23.9 Å². The zero-order valence-corrected chi connectivity index (χ0v) is 19.4. The molecule has 4 rings (SSSR count). The van der Waals surface area contributed by atoms with Crippen LogP contribution in [0.2, 0.25) is 0 Å². The second-order valence-electron chi connectivity index (χ2n) is 7.86. The number of ether oxygens (including phenoxy) is 1. The number of carbonyl (C=O) groups excluding carboxylic acids is 2. The summed E-state index contributed by atoms with van der Waals surface area (Å²) in [5.41, 5.74) is 2.17. The Balaban J connectivity index is 1.53. The van der Waals surface area contributed by atoms with E-state index in [1.54, 1.807) is 36.3 Å². The maximum Gasteiger partial charge on any atom is 0.256 e. The first-order valence-corrected chi connectivity index (χ1v) is 11.2. The fourth-order valence-corrected chi connectivity index (χ4v) is 4.29. The van der Waals surface area contributed by atoms with Gasteiger partial charge in [0.15, 0.2) is 5.11 Å². The molecule has 1 N–H and O–H groups in total. The third-order valence-electron chi connectivity index (χ3n) is 5.64. The Hall–Kier alpha value is -3.78. The molecule has 0 bridgehead atoms. The lowest BCUT2D eigenvalue weighted by molar-refractivity contribution is -0.124. The van der Waals surface area contributed by atoms with Crippen molar-refractivity contribution in [1.29, 1.82) is 0 Å². The van der Waals surface area contributed by atoms with Gasteiger partial charge in [-0.05, 0) is 72.7 Å². The normalized spacial score (nSPS) is 15.5. The van der Waals surface area contributed by atoms with Crippen LogP contribution in [0.3, 0.4) is 0 Å². The number of nitrogens with one attached hydrogen (secondary N) is 1. The number of thiocarbonyl (C=S) groups is 1. The van der Waals surface area contributed by atoms with Crippen molar-refractivity contribution < 1.29 is 18.7 Å². The molecule has 0 aliphatic carbocycles. The van der Waals surface area contributed by atoms with Gasteiger partial charge in [0.2, 0.25) is 5.91 Å². The fraction of sp³-hybridized carbons (Fsp3) is 0.192. The first-order chi connectivity index (χ1) is 16.5. The van der Waals surface area contributed by atoms with Gasteiger partial charge < -0.3 is 15.0 Å². The Morgan fingerprint density at radius 2 is 1.71 bits per heavy atom. The molecule has 34 heavy (non-hydrogen) atoms. The molecule has 2 amide bonds. The van der Waals surface area contributed by atoms with Crippen LogP contribution in [-0.2, 0) is 16.0 Å². The minimum atomic E-state index is -0.764. The highest BCUT2D eigenvalue weighted by Gasteiger charge is 2.43. The van der Waals surface area contributed by atoms with Crippen LogP contribution in [-0.4, -0.2) is 41.5 Å². The number of hydrogen-bond acceptors (Lipinski definition) is 4. The molecule has 6 nitrogen and oxygen atoms in total. The van der Waals surface area contributed by atoms with Gasteiger partial charge in [0.1, 0.15) is 17.6 Å². The monoisotopic (exact) mass is 477 g/mol. The van der Waals surface area contributed by atoms with E-state index >= 15 is 0 Å². The van der Waals surface area contributed by atoms with E-state index in [1.165, 1.54) is 29.2 Å². The number of benzene rings is 3. The standard InChI is InChI=1S/C26H24FN3O3S/c1-33-22-13-9-20(10-14-22)28-24(31)17-23-25(32)30(21-11-7-19(27)8-12-21)26(34)29(23)16-15-18-5-3-2-4-6-18/h2-14,23H,15-17H2,1H3,(H,28,31)/t23-/m0/s1. The molecule has 1 heterocycles. The lowest BCUT2D eigenvalue weighted by Gasteiger charge is -2.24. The van der Waals surface area contributed by atoms with Gasteiger partial charge in [0, 0.05) is 12.2 Å². The van der Waals surface area contributed by atoms with E-state index in [1.807, 2.05) is 30.3 Å². The van der Waals surface area contributed by atoms with Crippen molar-refractivity contribution in [3.8, 4) is 5.75 Å². The van der Waals surface area contributed by atoms with Crippen LogP contribution in [0.4, 0.5) is 15.8 Å². The maximum atomic E-state index is 13.4. The Kier molecular flexibility index (Phi) is 7.18. The zero-order chi connectivity index (χ0) is 24.1. The van der Waals surface area contributed by atoms with E-state index in [0.717, 1.165) is 5.56 Å². The summed E-state index contributed by atoms with van der Waals surface area (Å²) in [5.74, 6) is -0.347. The molecule has 0 radical (unpaired) electrons. The molecule has 0 unspecified atom stereocenters. The smallest absolute Gasteiger partial charge is 0.256 e. The van der Waals surface area contributed by atoms with Crippen LogP contribution >= 0.6 is 12.2 Å². The van der Waals surface area contributed by atoms with Gasteiger partial charge in [-0.25, -0.2) is 4.39 Å². The number of amides is 2. The van der Waals surface area contributed by atoms with Gasteiger partial charge >= 0.3 is 0 Å². The second-order valence-corrected chi connectivity index (χ2v) is 8.22. The molecule has 0 saturated carbocycles. The number of methoxy groups -OCH3 is 1. The molecule has 1 aliphatic heterocycles. The number of hydrogen-bond donors (Lipinski definition) is 1. The van der Waals surface area contributed by atoms with Crippen molar-refractivity contribution in [2.24, 2.45) is 0 Å². The lowest BCUT2D eigenvalue weighted by atomic mass is 10.1. The van der Waals surface area contributed by atoms with Crippen LogP contribution in [0.1, 0.15) is 12.0 Å². The summed E-state index contributed by atoms with van der Waals surface area (Å²) in [7, 11) is 1.57. The largest absolute Gasteiger partial charge is 0.497 e. The van der Waals surface area contributed by atoms with E-state index in [0.29, 0.717) is 35.2 Å².